The van der Waals surface area contributed by atoms with Crippen LogP contribution in [0.2, 0.25) is 0 Å². The molecule has 9 heteroatoms. The first-order valence-electron chi connectivity index (χ1n) is 5.06. The van der Waals surface area contributed by atoms with E-state index in [9.17, 15) is 16.8 Å². The normalized spacial score (nSPS) is 12.5. The molecule has 0 N–H and O–H groups in total. The van der Waals surface area contributed by atoms with E-state index >= 15 is 0 Å². The number of aromatic nitrogens is 1. The highest BCUT2D eigenvalue weighted by atomic mass is 32.2. The Labute approximate surface area is 110 Å². The molecule has 0 saturated heterocycles. The first kappa shape index (κ1) is 13.7. The van der Waals surface area contributed by atoms with E-state index in [-0.39, 0.29) is 5.88 Å². The lowest BCUT2D eigenvalue weighted by Crippen LogP contribution is -2.20. The number of fused-ring (bicyclic) bond motifs is 1. The summed E-state index contributed by atoms with van der Waals surface area (Å²) >= 11 is 0. The van der Waals surface area contributed by atoms with Gasteiger partial charge in [-0.1, -0.05) is 18.2 Å². The molecule has 0 bridgehead atoms. The maximum absolute atomic E-state index is 11.2. The van der Waals surface area contributed by atoms with Crippen LogP contribution in [0.15, 0.2) is 30.3 Å². The number of hydrogen-bond acceptors (Lipinski definition) is 6. The predicted octanol–water partition coefficient (Wildman–Crippen LogP) is 0.368. The van der Waals surface area contributed by atoms with Gasteiger partial charge >= 0.3 is 20.2 Å². The molecule has 2 rings (SSSR count). The van der Waals surface area contributed by atoms with Crippen molar-refractivity contribution in [2.24, 2.45) is 0 Å². The van der Waals surface area contributed by atoms with Crippen LogP contribution < -0.4 is 8.47 Å². The van der Waals surface area contributed by atoms with Gasteiger partial charge in [0.05, 0.1) is 18.0 Å². The molecule has 104 valence electrons. The van der Waals surface area contributed by atoms with Gasteiger partial charge in [0.25, 0.3) is 0 Å². The van der Waals surface area contributed by atoms with Gasteiger partial charge in [0.15, 0.2) is 0 Å². The minimum absolute atomic E-state index is 0.228. The van der Waals surface area contributed by atoms with Crippen LogP contribution in [0.4, 0.5) is 0 Å². The Morgan fingerprint density at radius 2 is 1.63 bits per heavy atom. The molecule has 0 unspecified atom stereocenters. The molecule has 0 amide bonds. The fourth-order valence-corrected chi connectivity index (χ4v) is 2.38. The van der Waals surface area contributed by atoms with E-state index in [1.54, 1.807) is 24.3 Å². The van der Waals surface area contributed by atoms with Gasteiger partial charge in [-0.2, -0.15) is 16.8 Å². The van der Waals surface area contributed by atoms with Crippen LogP contribution >= 0.6 is 0 Å². The van der Waals surface area contributed by atoms with E-state index in [4.69, 9.17) is 8.47 Å². The van der Waals surface area contributed by atoms with Crippen molar-refractivity contribution in [3.05, 3.63) is 30.3 Å². The van der Waals surface area contributed by atoms with Crippen molar-refractivity contribution in [1.82, 2.24) is 4.73 Å². The second-order valence-electron chi connectivity index (χ2n) is 3.90. The second-order valence-corrected chi connectivity index (χ2v) is 7.03. The van der Waals surface area contributed by atoms with Gasteiger partial charge in [-0.05, 0) is 6.07 Å². The molecule has 19 heavy (non-hydrogen) atoms. The lowest BCUT2D eigenvalue weighted by Gasteiger charge is -2.08. The van der Waals surface area contributed by atoms with Crippen molar-refractivity contribution >= 4 is 31.1 Å². The Bertz CT molecular complexity index is 819. The first-order chi connectivity index (χ1) is 8.66. The maximum atomic E-state index is 11.2. The third-order valence-electron chi connectivity index (χ3n) is 2.08. The van der Waals surface area contributed by atoms with Gasteiger partial charge in [0.1, 0.15) is 0 Å². The smallest absolute Gasteiger partial charge is 0.324 e. The van der Waals surface area contributed by atoms with E-state index in [2.05, 4.69) is 0 Å². The average molecular weight is 305 g/mol. The van der Waals surface area contributed by atoms with Gasteiger partial charge in [-0.3, -0.25) is 4.28 Å². The second kappa shape index (κ2) is 4.42. The zero-order chi connectivity index (χ0) is 14.3. The molecule has 2 aromatic rings. The topological polar surface area (TPSA) is 91.7 Å². The summed E-state index contributed by atoms with van der Waals surface area (Å²) in [5, 5.41) is 0.588. The Kier molecular flexibility index (Phi) is 3.19. The minimum atomic E-state index is -3.83. The fourth-order valence-electron chi connectivity index (χ4n) is 1.53. The van der Waals surface area contributed by atoms with Gasteiger partial charge in [-0.15, -0.1) is 4.73 Å². The van der Waals surface area contributed by atoms with Crippen LogP contribution in [0.1, 0.15) is 0 Å². The number of hydrogen-bond donors (Lipinski definition) is 0. The van der Waals surface area contributed by atoms with Crippen molar-refractivity contribution in [2.45, 2.75) is 0 Å². The molecule has 0 aliphatic carbocycles. The lowest BCUT2D eigenvalue weighted by atomic mass is 10.3. The highest BCUT2D eigenvalue weighted by Crippen LogP contribution is 2.25. The molecule has 0 atom stereocenters. The first-order valence-corrected chi connectivity index (χ1v) is 8.69. The van der Waals surface area contributed by atoms with Crippen LogP contribution in [0, 0.1) is 0 Å². The van der Waals surface area contributed by atoms with E-state index in [1.165, 1.54) is 6.07 Å². The van der Waals surface area contributed by atoms with E-state index in [0.717, 1.165) is 17.2 Å². The van der Waals surface area contributed by atoms with E-state index in [1.807, 2.05) is 0 Å². The fraction of sp³-hybridized carbons (Fsp3) is 0.200. The van der Waals surface area contributed by atoms with Crippen molar-refractivity contribution in [2.75, 3.05) is 12.5 Å². The summed E-state index contributed by atoms with van der Waals surface area (Å²) in [4.78, 5) is 0. The van der Waals surface area contributed by atoms with Crippen molar-refractivity contribution in [3.63, 3.8) is 0 Å². The van der Waals surface area contributed by atoms with E-state index in [0.29, 0.717) is 10.9 Å². The number of nitrogens with zero attached hydrogens (tertiary/aromatic N) is 1. The Balaban J connectivity index is 2.65. The third kappa shape index (κ3) is 3.38. The van der Waals surface area contributed by atoms with Crippen molar-refractivity contribution in [3.8, 4) is 5.88 Å². The zero-order valence-corrected chi connectivity index (χ0v) is 11.7. The molecule has 1 aromatic heterocycles. The molecular formula is C10H11NO6S2. The molecule has 1 aromatic carbocycles. The van der Waals surface area contributed by atoms with E-state index < -0.39 is 20.2 Å². The molecule has 0 saturated carbocycles. The summed E-state index contributed by atoms with van der Waals surface area (Å²) in [5.74, 6) is -0.228. The molecule has 0 aliphatic heterocycles. The van der Waals surface area contributed by atoms with Gasteiger partial charge in [-0.25, -0.2) is 0 Å². The molecular weight excluding hydrogens is 294 g/mol. The van der Waals surface area contributed by atoms with Crippen molar-refractivity contribution in [1.29, 1.82) is 0 Å². The summed E-state index contributed by atoms with van der Waals surface area (Å²) in [6, 6.07) is 8.01. The maximum Gasteiger partial charge on any atom is 0.324 e. The zero-order valence-electron chi connectivity index (χ0n) is 10.1. The predicted molar refractivity (Wildman–Crippen MR) is 68.8 cm³/mol. The number of rotatable bonds is 4. The van der Waals surface area contributed by atoms with Crippen molar-refractivity contribution < 1.29 is 25.3 Å². The SMILES string of the molecule is CS(=O)(=O)Oc1cc2ccccc2n1OS(C)(=O)=O. The van der Waals surface area contributed by atoms with Crippen LogP contribution in [-0.2, 0) is 20.2 Å². The van der Waals surface area contributed by atoms with Crippen LogP contribution in [0.5, 0.6) is 5.88 Å². The third-order valence-corrected chi connectivity index (χ3v) is 2.97. The number of benzene rings is 1. The molecule has 7 nitrogen and oxygen atoms in total. The Morgan fingerprint density at radius 3 is 2.21 bits per heavy atom. The summed E-state index contributed by atoms with van der Waals surface area (Å²) in [6.45, 7) is 0. The molecule has 0 aliphatic rings. The standard InChI is InChI=1S/C10H11NO6S2/c1-18(12,13)16-10-7-8-5-3-4-6-9(8)11(10)17-19(2,14)15/h3-7H,1-2H3. The highest BCUT2D eigenvalue weighted by Gasteiger charge is 2.18. The largest absolute Gasteiger partial charge is 0.360 e. The van der Waals surface area contributed by atoms with Crippen LogP contribution in [0.3, 0.4) is 0 Å². The lowest BCUT2D eigenvalue weighted by molar-refractivity contribution is 0.267. The van der Waals surface area contributed by atoms with Crippen LogP contribution in [0.25, 0.3) is 10.9 Å². The number of para-hydroxylation sites is 1. The highest BCUT2D eigenvalue weighted by molar-refractivity contribution is 7.86. The minimum Gasteiger partial charge on any atom is -0.360 e. The molecule has 1 heterocycles. The monoisotopic (exact) mass is 305 g/mol. The summed E-state index contributed by atoms with van der Waals surface area (Å²) in [6.07, 6.45) is 1.71. The summed E-state index contributed by atoms with van der Waals surface area (Å²) < 4.78 is 55.0. The Morgan fingerprint density at radius 1 is 1.00 bits per heavy atom. The summed E-state index contributed by atoms with van der Waals surface area (Å²) in [5.41, 5.74) is 0.381. The molecule has 0 radical (unpaired) electrons. The molecule has 0 spiro atoms. The Hall–Kier alpha value is -1.74. The molecule has 0 fully saturated rings. The van der Waals surface area contributed by atoms with Gasteiger partial charge in [0, 0.05) is 11.5 Å². The van der Waals surface area contributed by atoms with Gasteiger partial charge in [0.2, 0.25) is 5.88 Å². The van der Waals surface area contributed by atoms with Gasteiger partial charge < -0.3 is 4.18 Å². The quantitative estimate of drug-likeness (QED) is 0.758. The van der Waals surface area contributed by atoms with Crippen LogP contribution in [-0.4, -0.2) is 34.1 Å². The average Bonchev–Trinajstić information content (AvgIpc) is 2.52. The summed E-state index contributed by atoms with van der Waals surface area (Å²) in [7, 11) is -7.63.